The number of methoxy groups -OCH3 is 1. The van der Waals surface area contributed by atoms with Crippen LogP contribution in [0.1, 0.15) is 63.0 Å². The lowest BCUT2D eigenvalue weighted by Gasteiger charge is -2.55. The van der Waals surface area contributed by atoms with Crippen LogP contribution in [-0.2, 0) is 6.42 Å². The summed E-state index contributed by atoms with van der Waals surface area (Å²) in [5.74, 6) is 4.22. The molecule has 1 N–H and O–H groups in total. The molecule has 0 amide bonds. The average molecular weight is 353 g/mol. The van der Waals surface area contributed by atoms with Gasteiger partial charge in [0, 0.05) is 5.41 Å². The van der Waals surface area contributed by atoms with Crippen LogP contribution in [0, 0.1) is 29.1 Å². The van der Waals surface area contributed by atoms with E-state index in [9.17, 15) is 5.11 Å². The summed E-state index contributed by atoms with van der Waals surface area (Å²) < 4.78 is 5.49. The third kappa shape index (κ3) is 1.97. The second-order valence-electron chi connectivity index (χ2n) is 9.58. The number of ether oxygens (including phenoxy) is 1. The Morgan fingerprint density at radius 3 is 2.92 bits per heavy atom. The molecular weight excluding hydrogens is 320 g/mol. The van der Waals surface area contributed by atoms with Crippen molar-refractivity contribution in [1.29, 1.82) is 0 Å². The van der Waals surface area contributed by atoms with Gasteiger partial charge in [-0.1, -0.05) is 38.5 Å². The number of fused-ring (bicyclic) bond motifs is 7. The zero-order chi connectivity index (χ0) is 18.1. The minimum Gasteiger partial charge on any atom is -0.497 e. The molecule has 2 nitrogen and oxygen atoms in total. The molecule has 0 aliphatic heterocycles. The Morgan fingerprint density at radius 2 is 2.15 bits per heavy atom. The molecule has 26 heavy (non-hydrogen) atoms. The van der Waals surface area contributed by atoms with Crippen molar-refractivity contribution >= 4 is 0 Å². The molecule has 4 unspecified atom stereocenters. The van der Waals surface area contributed by atoms with E-state index in [0.717, 1.165) is 30.4 Å². The number of allylic oxidation sites excluding steroid dienone is 1. The summed E-state index contributed by atoms with van der Waals surface area (Å²) in [6.07, 6.45) is 11.5. The molecule has 0 radical (unpaired) electrons. The molecule has 4 aliphatic rings. The molecule has 4 aliphatic carbocycles. The fourth-order valence-electron chi connectivity index (χ4n) is 7.52. The van der Waals surface area contributed by atoms with Gasteiger partial charge in [0.15, 0.2) is 0 Å². The van der Waals surface area contributed by atoms with Crippen molar-refractivity contribution in [3.8, 4) is 5.75 Å². The first-order valence-corrected chi connectivity index (χ1v) is 10.6. The molecule has 0 bridgehead atoms. The lowest BCUT2D eigenvalue weighted by molar-refractivity contribution is -0.0901. The van der Waals surface area contributed by atoms with E-state index in [4.69, 9.17) is 4.74 Å². The second kappa shape index (κ2) is 5.61. The predicted octanol–water partition coefficient (Wildman–Crippen LogP) is 5.10. The van der Waals surface area contributed by atoms with Crippen LogP contribution in [0.15, 0.2) is 30.4 Å². The second-order valence-corrected chi connectivity index (χ2v) is 9.58. The Balaban J connectivity index is 1.58. The molecule has 0 heterocycles. The highest BCUT2D eigenvalue weighted by Gasteiger charge is 2.66. The maximum Gasteiger partial charge on any atom is 0.119 e. The van der Waals surface area contributed by atoms with Crippen LogP contribution in [0.25, 0.3) is 0 Å². The van der Waals surface area contributed by atoms with Crippen LogP contribution in [0.4, 0.5) is 0 Å². The topological polar surface area (TPSA) is 29.5 Å². The zero-order valence-electron chi connectivity index (χ0n) is 16.4. The highest BCUT2D eigenvalue weighted by Crippen LogP contribution is 2.69. The van der Waals surface area contributed by atoms with Gasteiger partial charge >= 0.3 is 0 Å². The van der Waals surface area contributed by atoms with Gasteiger partial charge in [-0.3, -0.25) is 0 Å². The molecule has 5 rings (SSSR count). The lowest BCUT2D eigenvalue weighted by Crippen LogP contribution is -2.52. The smallest absolute Gasteiger partial charge is 0.119 e. The number of rotatable bonds is 2. The molecule has 1 aromatic rings. The SMILES string of the molecule is CCC1Cc2cc(OC)ccc2C2CC[C@@]3(C)C(C[C@H]4CC=C[C@]43O)C12. The average Bonchev–Trinajstić information content (AvgIpc) is 3.13. The van der Waals surface area contributed by atoms with Crippen molar-refractivity contribution in [2.24, 2.45) is 29.1 Å². The largest absolute Gasteiger partial charge is 0.497 e. The standard InChI is InChI=1S/C24H32O2/c1-4-15-12-16-13-18(26-3)7-8-19(16)20-9-11-23(2)21(22(15)20)14-17-6-5-10-24(17,23)25/h5,7-8,10,13,15,17,20-22,25H,4,6,9,11-12,14H2,1-3H3/t15?,17-,20?,21?,22?,23+,24+/m1/s1. The first-order valence-electron chi connectivity index (χ1n) is 10.6. The first-order chi connectivity index (χ1) is 12.5. The number of hydrogen-bond donors (Lipinski definition) is 1. The molecule has 0 aromatic heterocycles. The first kappa shape index (κ1) is 16.9. The van der Waals surface area contributed by atoms with Gasteiger partial charge in [0.1, 0.15) is 5.75 Å². The summed E-state index contributed by atoms with van der Waals surface area (Å²) in [5, 5.41) is 11.6. The van der Waals surface area contributed by atoms with Gasteiger partial charge in [0.25, 0.3) is 0 Å². The normalized spacial score (nSPS) is 45.6. The van der Waals surface area contributed by atoms with Crippen LogP contribution < -0.4 is 4.74 Å². The van der Waals surface area contributed by atoms with Crippen molar-refractivity contribution in [3.63, 3.8) is 0 Å². The number of hydrogen-bond acceptors (Lipinski definition) is 2. The van der Waals surface area contributed by atoms with Gasteiger partial charge in [-0.25, -0.2) is 0 Å². The molecule has 1 aromatic carbocycles. The third-order valence-electron chi connectivity index (χ3n) is 8.89. The summed E-state index contributed by atoms with van der Waals surface area (Å²) in [6, 6.07) is 6.77. The molecule has 0 saturated heterocycles. The fourth-order valence-corrected chi connectivity index (χ4v) is 7.52. The minimum atomic E-state index is -0.554. The number of aliphatic hydroxyl groups is 1. The van der Waals surface area contributed by atoms with Crippen LogP contribution in [0.2, 0.25) is 0 Å². The summed E-state index contributed by atoms with van der Waals surface area (Å²) >= 11 is 0. The zero-order valence-corrected chi connectivity index (χ0v) is 16.4. The highest BCUT2D eigenvalue weighted by molar-refractivity contribution is 5.42. The fraction of sp³-hybridized carbons (Fsp3) is 0.667. The van der Waals surface area contributed by atoms with E-state index in [1.807, 2.05) is 0 Å². The van der Waals surface area contributed by atoms with Crippen LogP contribution in [0.3, 0.4) is 0 Å². The van der Waals surface area contributed by atoms with Crippen molar-refractivity contribution in [2.45, 2.75) is 63.9 Å². The molecule has 140 valence electrons. The Hall–Kier alpha value is -1.28. The van der Waals surface area contributed by atoms with Gasteiger partial charge < -0.3 is 9.84 Å². The maximum atomic E-state index is 11.6. The van der Waals surface area contributed by atoms with E-state index in [1.54, 1.807) is 12.7 Å². The molecule has 2 fully saturated rings. The molecule has 7 atom stereocenters. The third-order valence-corrected chi connectivity index (χ3v) is 8.89. The minimum absolute atomic E-state index is 0.0588. The molecule has 0 spiro atoms. The Morgan fingerprint density at radius 1 is 1.31 bits per heavy atom. The quantitative estimate of drug-likeness (QED) is 0.750. The van der Waals surface area contributed by atoms with Crippen molar-refractivity contribution in [3.05, 3.63) is 41.5 Å². The van der Waals surface area contributed by atoms with Crippen molar-refractivity contribution in [1.82, 2.24) is 0 Å². The van der Waals surface area contributed by atoms with Crippen LogP contribution >= 0.6 is 0 Å². The molecule has 2 saturated carbocycles. The maximum absolute atomic E-state index is 11.6. The molecule has 2 heteroatoms. The number of benzene rings is 1. The van der Waals surface area contributed by atoms with Gasteiger partial charge in [0.2, 0.25) is 0 Å². The molecular formula is C24H32O2. The van der Waals surface area contributed by atoms with Gasteiger partial charge in [-0.2, -0.15) is 0 Å². The van der Waals surface area contributed by atoms with Crippen molar-refractivity contribution in [2.75, 3.05) is 7.11 Å². The monoisotopic (exact) mass is 352 g/mol. The van der Waals surface area contributed by atoms with E-state index in [2.05, 4.69) is 44.2 Å². The van der Waals surface area contributed by atoms with Gasteiger partial charge in [-0.15, -0.1) is 0 Å². The van der Waals surface area contributed by atoms with E-state index < -0.39 is 5.60 Å². The van der Waals surface area contributed by atoms with E-state index in [0.29, 0.717) is 17.8 Å². The van der Waals surface area contributed by atoms with Gasteiger partial charge in [-0.05, 0) is 85.0 Å². The van der Waals surface area contributed by atoms with Crippen LogP contribution in [0.5, 0.6) is 5.75 Å². The lowest BCUT2D eigenvalue weighted by atomic mass is 9.50. The summed E-state index contributed by atoms with van der Waals surface area (Å²) in [4.78, 5) is 0. The van der Waals surface area contributed by atoms with Gasteiger partial charge in [0.05, 0.1) is 12.7 Å². The van der Waals surface area contributed by atoms with Crippen molar-refractivity contribution < 1.29 is 9.84 Å². The Labute approximate surface area is 157 Å². The summed E-state index contributed by atoms with van der Waals surface area (Å²) in [5.41, 5.74) is 2.59. The summed E-state index contributed by atoms with van der Waals surface area (Å²) in [7, 11) is 1.77. The summed E-state index contributed by atoms with van der Waals surface area (Å²) in [6.45, 7) is 4.77. The highest BCUT2D eigenvalue weighted by atomic mass is 16.5. The van der Waals surface area contributed by atoms with E-state index in [1.165, 1.54) is 31.2 Å². The predicted molar refractivity (Wildman–Crippen MR) is 104 cm³/mol. The van der Waals surface area contributed by atoms with Crippen LogP contribution in [-0.4, -0.2) is 17.8 Å². The Bertz CT molecular complexity index is 753. The van der Waals surface area contributed by atoms with E-state index >= 15 is 0 Å². The van der Waals surface area contributed by atoms with E-state index in [-0.39, 0.29) is 5.41 Å². The Kier molecular flexibility index (Phi) is 3.64.